The van der Waals surface area contributed by atoms with E-state index in [1.807, 2.05) is 30.3 Å². The maximum Gasteiger partial charge on any atom is 0.217 e. The van der Waals surface area contributed by atoms with Gasteiger partial charge in [0.15, 0.2) is 0 Å². The number of amides is 1. The monoisotopic (exact) mass is 228 g/mol. The van der Waals surface area contributed by atoms with Gasteiger partial charge >= 0.3 is 0 Å². The Labute approximate surface area is 96.3 Å². The Hall–Kier alpha value is -1.06. The fourth-order valence-electron chi connectivity index (χ4n) is 1.35. The number of hydrogen-bond donors (Lipinski definition) is 2. The highest BCUT2D eigenvalue weighted by Crippen LogP contribution is 2.05. The third-order valence-electron chi connectivity index (χ3n) is 2.10. The number of nitrogens with two attached hydrogens (primary N) is 2. The van der Waals surface area contributed by atoms with Crippen LogP contribution in [0.3, 0.4) is 0 Å². The molecule has 1 unspecified atom stereocenters. The first-order valence-corrected chi connectivity index (χ1v) is 4.76. The highest BCUT2D eigenvalue weighted by atomic mass is 35.5. The Morgan fingerprint density at radius 3 is 2.40 bits per heavy atom. The lowest BCUT2D eigenvalue weighted by Gasteiger charge is -2.09. The van der Waals surface area contributed by atoms with E-state index >= 15 is 0 Å². The van der Waals surface area contributed by atoms with Gasteiger partial charge in [0.25, 0.3) is 0 Å². The molecule has 15 heavy (non-hydrogen) atoms. The van der Waals surface area contributed by atoms with Crippen LogP contribution >= 0.6 is 12.4 Å². The molecule has 0 aliphatic rings. The normalized spacial score (nSPS) is 11.5. The summed E-state index contributed by atoms with van der Waals surface area (Å²) in [5.41, 5.74) is 12.1. The van der Waals surface area contributed by atoms with E-state index in [-0.39, 0.29) is 24.4 Å². The molecule has 1 rings (SSSR count). The van der Waals surface area contributed by atoms with Gasteiger partial charge in [-0.2, -0.15) is 0 Å². The molecule has 0 aromatic heterocycles. The Morgan fingerprint density at radius 1 is 1.27 bits per heavy atom. The van der Waals surface area contributed by atoms with Crippen molar-refractivity contribution >= 4 is 18.3 Å². The van der Waals surface area contributed by atoms with E-state index in [1.165, 1.54) is 5.56 Å². The second-order valence-corrected chi connectivity index (χ2v) is 3.45. The van der Waals surface area contributed by atoms with Crippen LogP contribution in [0.15, 0.2) is 30.3 Å². The van der Waals surface area contributed by atoms with Gasteiger partial charge < -0.3 is 11.5 Å². The van der Waals surface area contributed by atoms with Crippen molar-refractivity contribution in [1.82, 2.24) is 0 Å². The van der Waals surface area contributed by atoms with Crippen LogP contribution in [-0.2, 0) is 11.2 Å². The molecule has 4 N–H and O–H groups in total. The fraction of sp³-hybridized carbons (Fsp3) is 0.364. The van der Waals surface area contributed by atoms with Gasteiger partial charge in [-0.15, -0.1) is 12.4 Å². The molecule has 84 valence electrons. The molecule has 1 amide bonds. The Morgan fingerprint density at radius 2 is 1.87 bits per heavy atom. The van der Waals surface area contributed by atoms with Crippen molar-refractivity contribution in [3.8, 4) is 0 Å². The van der Waals surface area contributed by atoms with Crippen LogP contribution in [0.25, 0.3) is 0 Å². The molecule has 0 radical (unpaired) electrons. The van der Waals surface area contributed by atoms with E-state index < -0.39 is 0 Å². The van der Waals surface area contributed by atoms with Crippen molar-refractivity contribution in [3.63, 3.8) is 0 Å². The Kier molecular flexibility index (Phi) is 6.75. The minimum atomic E-state index is -0.284. The summed E-state index contributed by atoms with van der Waals surface area (Å²) in [5.74, 6) is -0.284. The van der Waals surface area contributed by atoms with Gasteiger partial charge in [0.2, 0.25) is 5.91 Å². The van der Waals surface area contributed by atoms with Crippen LogP contribution < -0.4 is 11.5 Å². The van der Waals surface area contributed by atoms with Gasteiger partial charge in [-0.25, -0.2) is 0 Å². The fourth-order valence-corrected chi connectivity index (χ4v) is 1.35. The number of carbonyl (C=O) groups is 1. The zero-order chi connectivity index (χ0) is 10.4. The molecule has 0 saturated carbocycles. The largest absolute Gasteiger partial charge is 0.370 e. The van der Waals surface area contributed by atoms with Gasteiger partial charge in [0, 0.05) is 12.5 Å². The number of halogens is 1. The quantitative estimate of drug-likeness (QED) is 0.796. The van der Waals surface area contributed by atoms with Crippen molar-refractivity contribution in [1.29, 1.82) is 0 Å². The van der Waals surface area contributed by atoms with Gasteiger partial charge in [-0.1, -0.05) is 30.3 Å². The van der Waals surface area contributed by atoms with Gasteiger partial charge in [0.05, 0.1) is 0 Å². The zero-order valence-corrected chi connectivity index (χ0v) is 9.37. The maximum atomic E-state index is 10.5. The molecule has 0 heterocycles. The first-order valence-electron chi connectivity index (χ1n) is 4.76. The molecule has 0 aliphatic carbocycles. The van der Waals surface area contributed by atoms with Crippen molar-refractivity contribution in [3.05, 3.63) is 35.9 Å². The maximum absolute atomic E-state index is 10.5. The number of rotatable bonds is 5. The van der Waals surface area contributed by atoms with Crippen molar-refractivity contribution in [2.75, 3.05) is 0 Å². The van der Waals surface area contributed by atoms with E-state index in [4.69, 9.17) is 11.5 Å². The van der Waals surface area contributed by atoms with Crippen LogP contribution in [0.4, 0.5) is 0 Å². The minimum absolute atomic E-state index is 0. The second-order valence-electron chi connectivity index (χ2n) is 3.45. The van der Waals surface area contributed by atoms with E-state index in [0.717, 1.165) is 6.42 Å². The summed E-state index contributed by atoms with van der Waals surface area (Å²) in [6.07, 6.45) is 1.83. The third-order valence-corrected chi connectivity index (χ3v) is 2.10. The summed E-state index contributed by atoms with van der Waals surface area (Å²) in [6.45, 7) is 0. The lowest BCUT2D eigenvalue weighted by atomic mass is 10.0. The third kappa shape index (κ3) is 6.10. The summed E-state index contributed by atoms with van der Waals surface area (Å²) < 4.78 is 0. The smallest absolute Gasteiger partial charge is 0.217 e. The summed E-state index contributed by atoms with van der Waals surface area (Å²) >= 11 is 0. The molecule has 3 nitrogen and oxygen atoms in total. The van der Waals surface area contributed by atoms with Crippen molar-refractivity contribution in [2.24, 2.45) is 11.5 Å². The lowest BCUT2D eigenvalue weighted by molar-refractivity contribution is -0.118. The molecular weight excluding hydrogens is 212 g/mol. The Bertz CT molecular complexity index is 290. The molecule has 0 aliphatic heterocycles. The molecule has 1 aromatic carbocycles. The number of carbonyl (C=O) groups excluding carboxylic acids is 1. The average Bonchev–Trinajstić information content (AvgIpc) is 2.16. The number of benzene rings is 1. The molecule has 0 bridgehead atoms. The van der Waals surface area contributed by atoms with Gasteiger partial charge in [0.1, 0.15) is 0 Å². The zero-order valence-electron chi connectivity index (χ0n) is 8.56. The summed E-state index contributed by atoms with van der Waals surface area (Å²) in [6, 6.07) is 10.0. The first kappa shape index (κ1) is 13.9. The number of hydrogen-bond acceptors (Lipinski definition) is 2. The predicted octanol–water partition coefficient (Wildman–Crippen LogP) is 1.24. The van der Waals surface area contributed by atoms with Crippen LogP contribution in [-0.4, -0.2) is 11.9 Å². The molecule has 0 spiro atoms. The van der Waals surface area contributed by atoms with E-state index in [2.05, 4.69) is 0 Å². The van der Waals surface area contributed by atoms with Crippen LogP contribution in [0.2, 0.25) is 0 Å². The van der Waals surface area contributed by atoms with E-state index in [9.17, 15) is 4.79 Å². The predicted molar refractivity (Wildman–Crippen MR) is 63.8 cm³/mol. The highest BCUT2D eigenvalue weighted by molar-refractivity contribution is 5.85. The molecule has 4 heteroatoms. The van der Waals surface area contributed by atoms with Crippen molar-refractivity contribution in [2.45, 2.75) is 25.3 Å². The van der Waals surface area contributed by atoms with Crippen LogP contribution in [0, 0.1) is 0 Å². The summed E-state index contributed by atoms with van der Waals surface area (Å²) in [5, 5.41) is 0. The minimum Gasteiger partial charge on any atom is -0.370 e. The van der Waals surface area contributed by atoms with E-state index in [1.54, 1.807) is 0 Å². The van der Waals surface area contributed by atoms with Gasteiger partial charge in [-0.05, 0) is 18.4 Å². The molecule has 0 saturated heterocycles. The SMILES string of the molecule is Cl.NC(=O)CCC(N)Cc1ccccc1. The number of primary amides is 1. The average molecular weight is 229 g/mol. The second kappa shape index (κ2) is 7.26. The van der Waals surface area contributed by atoms with Crippen molar-refractivity contribution < 1.29 is 4.79 Å². The van der Waals surface area contributed by atoms with Gasteiger partial charge in [-0.3, -0.25) is 4.79 Å². The lowest BCUT2D eigenvalue weighted by Crippen LogP contribution is -2.25. The summed E-state index contributed by atoms with van der Waals surface area (Å²) in [4.78, 5) is 10.5. The molecular formula is C11H17ClN2O. The molecule has 0 fully saturated rings. The van der Waals surface area contributed by atoms with Crippen LogP contribution in [0.1, 0.15) is 18.4 Å². The Balaban J connectivity index is 0.00000196. The standard InChI is InChI=1S/C11H16N2O.ClH/c12-10(6-7-11(13)14)8-9-4-2-1-3-5-9;/h1-5,10H,6-8,12H2,(H2,13,14);1H. The molecule has 1 atom stereocenters. The molecule has 1 aromatic rings. The van der Waals surface area contributed by atoms with E-state index in [0.29, 0.717) is 12.8 Å². The highest BCUT2D eigenvalue weighted by Gasteiger charge is 2.05. The topological polar surface area (TPSA) is 69.1 Å². The summed E-state index contributed by atoms with van der Waals surface area (Å²) in [7, 11) is 0. The van der Waals surface area contributed by atoms with Crippen LogP contribution in [0.5, 0.6) is 0 Å². The first-order chi connectivity index (χ1) is 6.68.